The number of hydrogen-bond acceptors (Lipinski definition) is 3. The van der Waals surface area contributed by atoms with Crippen molar-refractivity contribution in [2.45, 2.75) is 39.0 Å². The summed E-state index contributed by atoms with van der Waals surface area (Å²) in [6.45, 7) is 6.33. The van der Waals surface area contributed by atoms with E-state index in [0.717, 1.165) is 0 Å². The fourth-order valence-electron chi connectivity index (χ4n) is 1.49. The lowest BCUT2D eigenvalue weighted by Gasteiger charge is -2.19. The molecular formula is C14H18NO3-. The molecule has 1 amide bonds. The first kappa shape index (κ1) is 14.2. The van der Waals surface area contributed by atoms with E-state index >= 15 is 0 Å². The molecule has 98 valence electrons. The average molecular weight is 248 g/mol. The van der Waals surface area contributed by atoms with Gasteiger partial charge < -0.3 is 15.2 Å². The van der Waals surface area contributed by atoms with Gasteiger partial charge in [-0.25, -0.2) is 0 Å². The van der Waals surface area contributed by atoms with Crippen molar-refractivity contribution in [1.29, 1.82) is 0 Å². The monoisotopic (exact) mass is 248 g/mol. The summed E-state index contributed by atoms with van der Waals surface area (Å²) < 4.78 is 0. The number of carboxylic acids is 1. The lowest BCUT2D eigenvalue weighted by Crippen LogP contribution is -2.24. The van der Waals surface area contributed by atoms with Crippen molar-refractivity contribution in [2.75, 3.05) is 5.32 Å². The lowest BCUT2D eigenvalue weighted by atomic mass is 9.87. The second kappa shape index (κ2) is 5.67. The number of amides is 1. The van der Waals surface area contributed by atoms with Crippen LogP contribution in [0.25, 0.3) is 0 Å². The van der Waals surface area contributed by atoms with Crippen molar-refractivity contribution in [3.05, 3.63) is 29.8 Å². The summed E-state index contributed by atoms with van der Waals surface area (Å²) in [7, 11) is 0. The van der Waals surface area contributed by atoms with Crippen molar-refractivity contribution in [2.24, 2.45) is 0 Å². The van der Waals surface area contributed by atoms with E-state index in [1.54, 1.807) is 0 Å². The largest absolute Gasteiger partial charge is 0.550 e. The number of carboxylic acid groups (broad SMARTS) is 1. The van der Waals surface area contributed by atoms with Crippen LogP contribution in [0.2, 0.25) is 0 Å². The second-order valence-electron chi connectivity index (χ2n) is 5.25. The van der Waals surface area contributed by atoms with Crippen molar-refractivity contribution in [1.82, 2.24) is 0 Å². The molecule has 1 aromatic rings. The molecule has 0 aliphatic heterocycles. The Morgan fingerprint density at radius 3 is 2.11 bits per heavy atom. The number of anilines is 1. The van der Waals surface area contributed by atoms with Gasteiger partial charge in [0.15, 0.2) is 0 Å². The van der Waals surface area contributed by atoms with Gasteiger partial charge >= 0.3 is 0 Å². The molecule has 0 radical (unpaired) electrons. The minimum absolute atomic E-state index is 0.0661. The van der Waals surface area contributed by atoms with Gasteiger partial charge in [0.25, 0.3) is 0 Å². The summed E-state index contributed by atoms with van der Waals surface area (Å²) in [6.07, 6.45) is -0.324. The Hall–Kier alpha value is -1.84. The van der Waals surface area contributed by atoms with E-state index in [0.29, 0.717) is 5.69 Å². The van der Waals surface area contributed by atoms with Crippen LogP contribution in [0.5, 0.6) is 0 Å². The third kappa shape index (κ3) is 4.57. The van der Waals surface area contributed by atoms with E-state index < -0.39 is 5.97 Å². The Balaban J connectivity index is 2.59. The number of rotatable bonds is 4. The molecule has 0 saturated carbocycles. The van der Waals surface area contributed by atoms with E-state index in [2.05, 4.69) is 26.1 Å². The zero-order valence-corrected chi connectivity index (χ0v) is 10.9. The molecule has 4 nitrogen and oxygen atoms in total. The number of carbonyl (C=O) groups excluding carboxylic acids is 2. The highest BCUT2D eigenvalue weighted by Crippen LogP contribution is 2.23. The van der Waals surface area contributed by atoms with Crippen LogP contribution >= 0.6 is 0 Å². The Morgan fingerprint density at radius 2 is 1.67 bits per heavy atom. The normalized spacial score (nSPS) is 11.1. The summed E-state index contributed by atoms with van der Waals surface area (Å²) in [4.78, 5) is 21.6. The average Bonchev–Trinajstić information content (AvgIpc) is 2.26. The lowest BCUT2D eigenvalue weighted by molar-refractivity contribution is -0.305. The highest BCUT2D eigenvalue weighted by molar-refractivity contribution is 5.92. The zero-order valence-electron chi connectivity index (χ0n) is 10.9. The zero-order chi connectivity index (χ0) is 13.8. The maximum absolute atomic E-state index is 11.4. The summed E-state index contributed by atoms with van der Waals surface area (Å²) >= 11 is 0. The van der Waals surface area contributed by atoms with Gasteiger partial charge in [-0.3, -0.25) is 4.79 Å². The van der Waals surface area contributed by atoms with Crippen LogP contribution in [-0.4, -0.2) is 11.9 Å². The van der Waals surface area contributed by atoms with Crippen LogP contribution in [0.4, 0.5) is 5.69 Å². The number of benzene rings is 1. The fraction of sp³-hybridized carbons (Fsp3) is 0.429. The number of nitrogens with one attached hydrogen (secondary N) is 1. The van der Waals surface area contributed by atoms with Crippen LogP contribution < -0.4 is 10.4 Å². The maximum Gasteiger partial charge on any atom is 0.224 e. The first-order valence-corrected chi connectivity index (χ1v) is 5.89. The number of carbonyl (C=O) groups is 2. The van der Waals surface area contributed by atoms with Crippen LogP contribution in [-0.2, 0) is 15.0 Å². The molecule has 0 saturated heterocycles. The standard InChI is InChI=1S/C14H19NO3/c1-14(2,3)10-4-6-11(7-5-10)15-12(16)8-9-13(17)18/h4-7H,8-9H2,1-3H3,(H,15,16)(H,17,18)/p-1. The predicted molar refractivity (Wildman–Crippen MR) is 68.0 cm³/mol. The van der Waals surface area contributed by atoms with Crippen molar-refractivity contribution in [3.63, 3.8) is 0 Å². The predicted octanol–water partition coefficient (Wildman–Crippen LogP) is 1.45. The van der Waals surface area contributed by atoms with Crippen molar-refractivity contribution < 1.29 is 14.7 Å². The van der Waals surface area contributed by atoms with Gasteiger partial charge in [-0.05, 0) is 29.5 Å². The summed E-state index contributed by atoms with van der Waals surface area (Å²) in [5.74, 6) is -1.53. The van der Waals surface area contributed by atoms with E-state index in [1.807, 2.05) is 24.3 Å². The molecule has 0 aliphatic rings. The maximum atomic E-state index is 11.4. The molecule has 4 heteroatoms. The molecule has 0 spiro atoms. The number of aliphatic carboxylic acids is 1. The van der Waals surface area contributed by atoms with Gasteiger partial charge in [0, 0.05) is 18.1 Å². The SMILES string of the molecule is CC(C)(C)c1ccc(NC(=O)CCC(=O)[O-])cc1. The third-order valence-electron chi connectivity index (χ3n) is 2.59. The summed E-state index contributed by atoms with van der Waals surface area (Å²) in [5.41, 5.74) is 1.92. The molecule has 18 heavy (non-hydrogen) atoms. The van der Waals surface area contributed by atoms with E-state index in [4.69, 9.17) is 0 Å². The van der Waals surface area contributed by atoms with Gasteiger partial charge in [-0.2, -0.15) is 0 Å². The highest BCUT2D eigenvalue weighted by atomic mass is 16.4. The van der Waals surface area contributed by atoms with E-state index in [9.17, 15) is 14.7 Å². The van der Waals surface area contributed by atoms with Gasteiger partial charge in [0.05, 0.1) is 0 Å². The van der Waals surface area contributed by atoms with E-state index in [1.165, 1.54) is 5.56 Å². The summed E-state index contributed by atoms with van der Waals surface area (Å²) in [6, 6.07) is 7.54. The topological polar surface area (TPSA) is 69.2 Å². The Kier molecular flexibility index (Phi) is 4.48. The molecular weight excluding hydrogens is 230 g/mol. The van der Waals surface area contributed by atoms with Gasteiger partial charge in [0.2, 0.25) is 5.91 Å². The van der Waals surface area contributed by atoms with Crippen molar-refractivity contribution >= 4 is 17.6 Å². The Bertz CT molecular complexity index is 429. The molecule has 0 heterocycles. The smallest absolute Gasteiger partial charge is 0.224 e. The fourth-order valence-corrected chi connectivity index (χ4v) is 1.49. The molecule has 0 unspecified atom stereocenters. The summed E-state index contributed by atoms with van der Waals surface area (Å²) in [5, 5.41) is 12.9. The third-order valence-corrected chi connectivity index (χ3v) is 2.59. The Labute approximate surface area is 107 Å². The van der Waals surface area contributed by atoms with Gasteiger partial charge in [-0.15, -0.1) is 0 Å². The van der Waals surface area contributed by atoms with Crippen LogP contribution in [0.15, 0.2) is 24.3 Å². The molecule has 1 rings (SSSR count). The molecule has 0 aromatic heterocycles. The minimum Gasteiger partial charge on any atom is -0.550 e. The van der Waals surface area contributed by atoms with Gasteiger partial charge in [-0.1, -0.05) is 32.9 Å². The van der Waals surface area contributed by atoms with Crippen molar-refractivity contribution in [3.8, 4) is 0 Å². The first-order chi connectivity index (χ1) is 8.29. The van der Waals surface area contributed by atoms with Crippen LogP contribution in [0.1, 0.15) is 39.2 Å². The van der Waals surface area contributed by atoms with Gasteiger partial charge in [0.1, 0.15) is 0 Å². The molecule has 1 aromatic carbocycles. The quantitative estimate of drug-likeness (QED) is 0.876. The van der Waals surface area contributed by atoms with Crippen LogP contribution in [0, 0.1) is 0 Å². The number of hydrogen-bond donors (Lipinski definition) is 1. The first-order valence-electron chi connectivity index (χ1n) is 5.89. The van der Waals surface area contributed by atoms with Crippen LogP contribution in [0.3, 0.4) is 0 Å². The van der Waals surface area contributed by atoms with E-state index in [-0.39, 0.29) is 24.2 Å². The Morgan fingerprint density at radius 1 is 1.11 bits per heavy atom. The molecule has 0 aliphatic carbocycles. The minimum atomic E-state index is -1.21. The molecule has 0 atom stereocenters. The molecule has 0 bridgehead atoms. The second-order valence-corrected chi connectivity index (χ2v) is 5.25. The molecule has 1 N–H and O–H groups in total. The highest BCUT2D eigenvalue weighted by Gasteiger charge is 2.13. The molecule has 0 fully saturated rings.